The predicted molar refractivity (Wildman–Crippen MR) is 129 cm³/mol. The number of hydrogen-bond acceptors (Lipinski definition) is 6. The van der Waals surface area contributed by atoms with Crippen LogP contribution in [0.25, 0.3) is 0 Å². The molecule has 1 aromatic carbocycles. The summed E-state index contributed by atoms with van der Waals surface area (Å²) in [6.45, 7) is 2.71. The largest absolute Gasteiger partial charge is 0.394 e. The van der Waals surface area contributed by atoms with Crippen molar-refractivity contribution < 1.29 is 37.5 Å². The van der Waals surface area contributed by atoms with Gasteiger partial charge in [0.25, 0.3) is 5.91 Å². The lowest BCUT2D eigenvalue weighted by Gasteiger charge is -2.23. The zero-order chi connectivity index (χ0) is 25.1. The average Bonchev–Trinajstić information content (AvgIpc) is 2.82. The predicted octanol–water partition coefficient (Wildman–Crippen LogP) is 3.38. The maximum Gasteiger partial charge on any atom is 0.341 e. The number of carbonyl (C=O) groups excluding carboxylic acids is 2. The first-order chi connectivity index (χ1) is 16.3. The van der Waals surface area contributed by atoms with Gasteiger partial charge in [-0.2, -0.15) is 5.06 Å². The molecule has 0 fully saturated rings. The molecule has 0 unspecified atom stereocenters. The van der Waals surface area contributed by atoms with E-state index in [0.29, 0.717) is 13.0 Å². The van der Waals surface area contributed by atoms with Gasteiger partial charge in [0, 0.05) is 16.1 Å². The lowest BCUT2D eigenvalue weighted by molar-refractivity contribution is -0.119. The second-order valence-electron chi connectivity index (χ2n) is 6.69. The van der Waals surface area contributed by atoms with Crippen LogP contribution in [0, 0.1) is 11.6 Å². The first kappa shape index (κ1) is 27.8. The minimum atomic E-state index is -1.45. The Hall–Kier alpha value is -2.49. The van der Waals surface area contributed by atoms with Crippen LogP contribution in [-0.4, -0.2) is 52.5 Å². The maximum absolute atomic E-state index is 15.2. The van der Waals surface area contributed by atoms with Crippen molar-refractivity contribution in [2.45, 2.75) is 26.8 Å². The van der Waals surface area contributed by atoms with Gasteiger partial charge in [-0.25, -0.2) is 23.4 Å². The second kappa shape index (κ2) is 14.0. The van der Waals surface area contributed by atoms with Gasteiger partial charge in [0.2, 0.25) is 0 Å². The van der Waals surface area contributed by atoms with Gasteiger partial charge >= 0.3 is 6.03 Å². The molecule has 1 aromatic rings. The molecule has 34 heavy (non-hydrogen) atoms. The van der Waals surface area contributed by atoms with E-state index in [4.69, 9.17) is 14.8 Å². The summed E-state index contributed by atoms with van der Waals surface area (Å²) in [5, 5.41) is 14.6. The Kier molecular flexibility index (Phi) is 11.5. The Morgan fingerprint density at radius 3 is 2.62 bits per heavy atom. The number of hydroxylamine groups is 3. The molecule has 1 heterocycles. The minimum absolute atomic E-state index is 0.0739. The van der Waals surface area contributed by atoms with E-state index in [9.17, 15) is 14.0 Å². The molecule has 0 saturated heterocycles. The third-order valence-corrected chi connectivity index (χ3v) is 5.90. The van der Waals surface area contributed by atoms with Crippen LogP contribution in [-0.2, 0) is 16.2 Å². The number of hydrogen-bond donors (Lipinski definition) is 4. The molecule has 1 aliphatic rings. The number of rotatable bonds is 12. The second-order valence-corrected chi connectivity index (χ2v) is 8.75. The van der Waals surface area contributed by atoms with E-state index >= 15 is 8.78 Å². The van der Waals surface area contributed by atoms with Crippen molar-refractivity contribution in [1.29, 1.82) is 0 Å². The van der Waals surface area contributed by atoms with E-state index in [1.807, 2.05) is 12.4 Å². The standard InChI is InChI=1S/C21H26F3IN4O5/c1-3-7-26-21(32)29(34-4-2)12-13-10-14(20(31)28-33-9-8-30)19(18(24)17(13)23)27-16-5-6-25-11-15(16)22/h5-6,10-11,27,30H,3-4,7-9,12H2,1-2H3,(H,26,32)(H,28,31). The topological polar surface area (TPSA) is 112 Å². The fraction of sp³-hybridized carbons (Fsp3) is 0.381. The van der Waals surface area contributed by atoms with Crippen LogP contribution in [0.1, 0.15) is 36.2 Å². The van der Waals surface area contributed by atoms with Gasteiger partial charge in [0.1, 0.15) is 0 Å². The van der Waals surface area contributed by atoms with Crippen molar-refractivity contribution in [2.24, 2.45) is 0 Å². The van der Waals surface area contributed by atoms with Crippen molar-refractivity contribution in [2.75, 3.05) is 31.7 Å². The van der Waals surface area contributed by atoms with Crippen LogP contribution in [0.4, 0.5) is 23.7 Å². The van der Waals surface area contributed by atoms with Crippen LogP contribution in [0.5, 0.6) is 0 Å². The molecule has 4 N–H and O–H groups in total. The van der Waals surface area contributed by atoms with Gasteiger partial charge in [-0.3, -0.25) is 14.5 Å². The lowest BCUT2D eigenvalue weighted by Crippen LogP contribution is -2.40. The molecule has 1 aliphatic heterocycles. The summed E-state index contributed by atoms with van der Waals surface area (Å²) in [4.78, 5) is 35.0. The molecular formula is C21H26F3IN4O5. The Bertz CT molecular complexity index is 988. The minimum Gasteiger partial charge on any atom is -0.394 e. The number of halogens is 4. The normalized spacial score (nSPS) is 12.9. The van der Waals surface area contributed by atoms with Crippen molar-refractivity contribution in [3.05, 3.63) is 50.5 Å². The van der Waals surface area contributed by atoms with Crippen molar-refractivity contribution >= 4 is 42.4 Å². The lowest BCUT2D eigenvalue weighted by atomic mass is 10.1. The number of aliphatic hydroxyl groups is 1. The summed E-state index contributed by atoms with van der Waals surface area (Å²) in [5.41, 5.74) is 0.480. The highest BCUT2D eigenvalue weighted by atomic mass is 127. The summed E-state index contributed by atoms with van der Waals surface area (Å²) in [6.07, 6.45) is 2.03. The number of nitrogens with zero attached hydrogens (tertiary/aromatic N) is 1. The molecule has 0 spiro atoms. The molecule has 0 atom stereocenters. The van der Waals surface area contributed by atoms with Gasteiger partial charge < -0.3 is 15.7 Å². The molecule has 0 saturated carbocycles. The highest BCUT2D eigenvalue weighted by Gasteiger charge is 2.26. The number of allylic oxidation sites excluding steroid dienone is 2. The van der Waals surface area contributed by atoms with Crippen LogP contribution in [0.2, 0.25) is 0 Å². The first-order valence-corrected chi connectivity index (χ1v) is 12.8. The summed E-state index contributed by atoms with van der Waals surface area (Å²) in [6, 6.07) is 0.348. The number of anilines is 1. The van der Waals surface area contributed by atoms with Crippen molar-refractivity contribution in [3.8, 4) is 0 Å². The summed E-state index contributed by atoms with van der Waals surface area (Å²) in [5.74, 6) is -4.44. The van der Waals surface area contributed by atoms with E-state index in [1.54, 1.807) is 11.0 Å². The van der Waals surface area contributed by atoms with Crippen LogP contribution < -0.4 is 16.1 Å². The third kappa shape index (κ3) is 7.51. The van der Waals surface area contributed by atoms with Gasteiger partial charge in [-0.1, -0.05) is 27.7 Å². The molecule has 3 amide bonds. The van der Waals surface area contributed by atoms with Gasteiger partial charge in [0.05, 0.1) is 43.3 Å². The van der Waals surface area contributed by atoms with E-state index in [1.165, 1.54) is 10.1 Å². The molecule has 13 heteroatoms. The molecule has 9 nitrogen and oxygen atoms in total. The SMILES string of the molecule is CCCNC(=O)N(Cc1cc(C(=O)NOCCO)c(NC2=C(F)C=IC=C2)c(F)c1F)OCC. The molecule has 2 rings (SSSR count). The summed E-state index contributed by atoms with van der Waals surface area (Å²) < 4.78 is 47.4. The van der Waals surface area contributed by atoms with E-state index in [-0.39, 0.29) is 24.5 Å². The number of urea groups is 1. The van der Waals surface area contributed by atoms with Crippen LogP contribution in [0.3, 0.4) is 0 Å². The number of amides is 3. The van der Waals surface area contributed by atoms with E-state index in [0.717, 1.165) is 11.1 Å². The zero-order valence-corrected chi connectivity index (χ0v) is 20.7. The number of nitrogens with one attached hydrogen (secondary N) is 3. The fourth-order valence-corrected chi connectivity index (χ4v) is 4.11. The Labute approximate surface area is 204 Å². The molecule has 0 radical (unpaired) electrons. The highest BCUT2D eigenvalue weighted by Crippen LogP contribution is 2.30. The Morgan fingerprint density at radius 1 is 1.21 bits per heavy atom. The first-order valence-electron chi connectivity index (χ1n) is 10.3. The molecule has 0 bridgehead atoms. The van der Waals surface area contributed by atoms with Crippen LogP contribution >= 0.6 is 20.7 Å². The van der Waals surface area contributed by atoms with Crippen LogP contribution in [0.15, 0.2) is 27.7 Å². The van der Waals surface area contributed by atoms with E-state index < -0.39 is 74.5 Å². The smallest absolute Gasteiger partial charge is 0.341 e. The Morgan fingerprint density at radius 2 is 1.97 bits per heavy atom. The van der Waals surface area contributed by atoms with Gasteiger partial charge in [-0.15, -0.1) is 0 Å². The quantitative estimate of drug-likeness (QED) is 0.167. The highest BCUT2D eigenvalue weighted by molar-refractivity contribution is 14.2. The molecule has 0 aliphatic carbocycles. The van der Waals surface area contributed by atoms with Crippen molar-refractivity contribution in [3.63, 3.8) is 0 Å². The monoisotopic (exact) mass is 598 g/mol. The maximum atomic E-state index is 15.2. The number of benzene rings is 1. The van der Waals surface area contributed by atoms with Gasteiger partial charge in [-0.05, 0) is 29.6 Å². The third-order valence-electron chi connectivity index (χ3n) is 4.21. The average molecular weight is 598 g/mol. The number of carbonyl (C=O) groups is 2. The summed E-state index contributed by atoms with van der Waals surface area (Å²) in [7, 11) is 0. The van der Waals surface area contributed by atoms with E-state index in [2.05, 4.69) is 10.6 Å². The van der Waals surface area contributed by atoms with Crippen molar-refractivity contribution in [1.82, 2.24) is 15.9 Å². The molecule has 0 aromatic heterocycles. The van der Waals surface area contributed by atoms with Gasteiger partial charge in [0.15, 0.2) is 17.5 Å². The Balaban J connectivity index is 2.48. The fourth-order valence-electron chi connectivity index (χ4n) is 2.68. The molecular weight excluding hydrogens is 572 g/mol. The number of aliphatic hydroxyl groups excluding tert-OH is 1. The zero-order valence-electron chi connectivity index (χ0n) is 18.6. The molecule has 188 valence electrons. The summed E-state index contributed by atoms with van der Waals surface area (Å²) >= 11 is -0.632.